The lowest BCUT2D eigenvalue weighted by atomic mass is 10.0. The van der Waals surface area contributed by atoms with Crippen LogP contribution in [0.5, 0.6) is 11.6 Å². The minimum Gasteiger partial charge on any atom is -0.444 e. The van der Waals surface area contributed by atoms with Gasteiger partial charge in [-0.05, 0) is 70.4 Å². The number of carbonyl (C=O) groups excluding carboxylic acids is 1. The van der Waals surface area contributed by atoms with Gasteiger partial charge >= 0.3 is 6.09 Å². The average molecular weight is 651 g/mol. The molecule has 1 aliphatic heterocycles. The summed E-state index contributed by atoms with van der Waals surface area (Å²) in [6.45, 7) is 9.43. The van der Waals surface area contributed by atoms with Gasteiger partial charge in [-0.15, -0.1) is 0 Å². The molecule has 46 heavy (non-hydrogen) atoms. The molecule has 11 nitrogen and oxygen atoms in total. The van der Waals surface area contributed by atoms with Gasteiger partial charge in [0.25, 0.3) is 0 Å². The third-order valence-electron chi connectivity index (χ3n) is 7.34. The van der Waals surface area contributed by atoms with Crippen molar-refractivity contribution in [2.45, 2.75) is 65.3 Å². The van der Waals surface area contributed by atoms with Gasteiger partial charge < -0.3 is 19.7 Å². The maximum Gasteiger partial charge on any atom is 0.410 e. The van der Waals surface area contributed by atoms with Gasteiger partial charge in [0.15, 0.2) is 0 Å². The van der Waals surface area contributed by atoms with E-state index in [1.165, 1.54) is 4.90 Å². The molecule has 4 aromatic rings. The predicted molar refractivity (Wildman–Crippen MR) is 176 cm³/mol. The monoisotopic (exact) mass is 650 g/mol. The SMILES string of the molecule is CCCS(=O)(=O)Nc1cccc2c(Oc3ncccc3-c3ccnc(NC4CN(C(=O)OC(C)(C)C)CCC4F)n3)c(C)ccc12. The normalized spacial score (nSPS) is 17.0. The number of aromatic nitrogens is 3. The highest BCUT2D eigenvalue weighted by Crippen LogP contribution is 2.39. The quantitative estimate of drug-likeness (QED) is 0.203. The van der Waals surface area contributed by atoms with E-state index in [0.29, 0.717) is 39.9 Å². The van der Waals surface area contributed by atoms with Crippen molar-refractivity contribution in [2.75, 3.05) is 28.9 Å². The molecule has 0 bridgehead atoms. The molecule has 1 saturated heterocycles. The topological polar surface area (TPSA) is 136 Å². The number of aryl methyl sites for hydroxylation is 1. The number of anilines is 2. The van der Waals surface area contributed by atoms with E-state index < -0.39 is 33.9 Å². The number of hydrogen-bond donors (Lipinski definition) is 2. The Bertz CT molecular complexity index is 1830. The van der Waals surface area contributed by atoms with Crippen LogP contribution in [-0.2, 0) is 14.8 Å². The molecule has 2 unspecified atom stereocenters. The Kier molecular flexibility index (Phi) is 9.61. The first kappa shape index (κ1) is 32.9. The lowest BCUT2D eigenvalue weighted by Crippen LogP contribution is -2.52. The van der Waals surface area contributed by atoms with Crippen LogP contribution in [0.2, 0.25) is 0 Å². The van der Waals surface area contributed by atoms with Crippen molar-refractivity contribution in [3.63, 3.8) is 0 Å². The molecule has 0 aliphatic carbocycles. The molecule has 0 spiro atoms. The summed E-state index contributed by atoms with van der Waals surface area (Å²) in [4.78, 5) is 27.5. The number of hydrogen-bond acceptors (Lipinski definition) is 9. The Morgan fingerprint density at radius 2 is 1.87 bits per heavy atom. The Balaban J connectivity index is 1.41. The summed E-state index contributed by atoms with van der Waals surface area (Å²) in [5.74, 6) is 1.000. The summed E-state index contributed by atoms with van der Waals surface area (Å²) >= 11 is 0. The first-order chi connectivity index (χ1) is 21.8. The van der Waals surface area contributed by atoms with Crippen LogP contribution in [0.4, 0.5) is 20.8 Å². The van der Waals surface area contributed by atoms with Crippen molar-refractivity contribution in [3.8, 4) is 22.9 Å². The van der Waals surface area contributed by atoms with Crippen molar-refractivity contribution < 1.29 is 27.1 Å². The minimum absolute atomic E-state index is 0.0143. The van der Waals surface area contributed by atoms with Crippen molar-refractivity contribution in [2.24, 2.45) is 0 Å². The second-order valence-electron chi connectivity index (χ2n) is 12.2. The second-order valence-corrected chi connectivity index (χ2v) is 14.1. The Hall–Kier alpha value is -4.52. The lowest BCUT2D eigenvalue weighted by molar-refractivity contribution is 0.0150. The van der Waals surface area contributed by atoms with Crippen molar-refractivity contribution in [1.29, 1.82) is 0 Å². The van der Waals surface area contributed by atoms with E-state index in [9.17, 15) is 17.6 Å². The number of nitrogens with one attached hydrogen (secondary N) is 2. The second kappa shape index (κ2) is 13.5. The third kappa shape index (κ3) is 7.82. The summed E-state index contributed by atoms with van der Waals surface area (Å²) < 4.78 is 54.7. The maximum absolute atomic E-state index is 15.0. The molecule has 1 aliphatic rings. The molecule has 1 amide bonds. The molecule has 3 heterocycles. The number of fused-ring (bicyclic) bond motifs is 1. The van der Waals surface area contributed by atoms with Crippen LogP contribution < -0.4 is 14.8 Å². The molecule has 1 fully saturated rings. The van der Waals surface area contributed by atoms with Crippen LogP contribution >= 0.6 is 0 Å². The standard InChI is InChI=1S/C33H39FN6O5S/c1-6-19-46(42,43)39-27-11-7-9-23-22(27)13-12-21(2)29(23)44-30-24(10-8-16-35-30)26-14-17-36-31(37-26)38-28-20-40(18-15-25(28)34)32(41)45-33(3,4)5/h7-14,16-17,25,28,39H,6,15,18-20H2,1-5H3,(H,36,37,38). The number of piperidine rings is 1. The van der Waals surface area contributed by atoms with E-state index in [2.05, 4.69) is 25.0 Å². The van der Waals surface area contributed by atoms with Gasteiger partial charge in [-0.2, -0.15) is 0 Å². The van der Waals surface area contributed by atoms with Crippen LogP contribution in [0, 0.1) is 6.92 Å². The molecule has 244 valence electrons. The number of halogens is 1. The van der Waals surface area contributed by atoms with Gasteiger partial charge in [0, 0.05) is 36.3 Å². The zero-order chi connectivity index (χ0) is 33.1. The Labute approximate surface area is 268 Å². The average Bonchev–Trinajstić information content (AvgIpc) is 2.99. The van der Waals surface area contributed by atoms with Crippen LogP contribution in [0.25, 0.3) is 22.0 Å². The molecule has 2 aromatic heterocycles. The van der Waals surface area contributed by atoms with Gasteiger partial charge in [0.05, 0.1) is 28.7 Å². The van der Waals surface area contributed by atoms with E-state index in [4.69, 9.17) is 9.47 Å². The zero-order valence-electron chi connectivity index (χ0n) is 26.6. The van der Waals surface area contributed by atoms with Crippen molar-refractivity contribution in [1.82, 2.24) is 19.9 Å². The van der Waals surface area contributed by atoms with E-state index in [1.54, 1.807) is 57.4 Å². The Morgan fingerprint density at radius 3 is 2.63 bits per heavy atom. The van der Waals surface area contributed by atoms with Crippen LogP contribution in [0.3, 0.4) is 0 Å². The maximum atomic E-state index is 15.0. The molecule has 13 heteroatoms. The molecule has 2 aromatic carbocycles. The Morgan fingerprint density at radius 1 is 1.07 bits per heavy atom. The fraction of sp³-hybridized carbons (Fsp3) is 0.394. The highest BCUT2D eigenvalue weighted by molar-refractivity contribution is 7.92. The summed E-state index contributed by atoms with van der Waals surface area (Å²) in [5, 5.41) is 4.45. The molecule has 5 rings (SSSR count). The van der Waals surface area contributed by atoms with Crippen LogP contribution in [-0.4, -0.2) is 71.0 Å². The highest BCUT2D eigenvalue weighted by Gasteiger charge is 2.34. The van der Waals surface area contributed by atoms with Crippen LogP contribution in [0.1, 0.15) is 46.1 Å². The summed E-state index contributed by atoms with van der Waals surface area (Å²) in [6.07, 6.45) is 2.10. The summed E-state index contributed by atoms with van der Waals surface area (Å²) in [5.41, 5.74) is 1.68. The number of alkyl halides is 1. The molecular weight excluding hydrogens is 611 g/mol. The fourth-order valence-corrected chi connectivity index (χ4v) is 6.36. The highest BCUT2D eigenvalue weighted by atomic mass is 32.2. The number of sulfonamides is 1. The van der Waals surface area contributed by atoms with E-state index >= 15 is 0 Å². The number of carbonyl (C=O) groups is 1. The van der Waals surface area contributed by atoms with Gasteiger partial charge in [-0.25, -0.2) is 32.6 Å². The van der Waals surface area contributed by atoms with Gasteiger partial charge in [-0.1, -0.05) is 31.2 Å². The predicted octanol–water partition coefficient (Wildman–Crippen LogP) is 6.70. The van der Waals surface area contributed by atoms with Gasteiger partial charge in [0.1, 0.15) is 17.5 Å². The number of rotatable bonds is 9. The largest absolute Gasteiger partial charge is 0.444 e. The first-order valence-corrected chi connectivity index (χ1v) is 16.9. The van der Waals surface area contributed by atoms with Crippen LogP contribution in [0.15, 0.2) is 60.9 Å². The van der Waals surface area contributed by atoms with Crippen molar-refractivity contribution >= 4 is 38.5 Å². The lowest BCUT2D eigenvalue weighted by Gasteiger charge is -2.36. The minimum atomic E-state index is -3.51. The summed E-state index contributed by atoms with van der Waals surface area (Å²) in [6, 6.07) is 13.6. The fourth-order valence-electron chi connectivity index (χ4n) is 5.21. The number of amides is 1. The van der Waals surface area contributed by atoms with E-state index in [0.717, 1.165) is 5.56 Å². The number of likely N-dealkylation sites (tertiary alicyclic amines) is 1. The van der Waals surface area contributed by atoms with Gasteiger partial charge in [-0.3, -0.25) is 4.72 Å². The van der Waals surface area contributed by atoms with Gasteiger partial charge in [0.2, 0.25) is 21.9 Å². The van der Waals surface area contributed by atoms with E-state index in [1.807, 2.05) is 38.1 Å². The molecule has 0 saturated carbocycles. The number of benzene rings is 2. The molecule has 2 N–H and O–H groups in total. The molecular formula is C33H39FN6O5S. The molecule has 2 atom stereocenters. The number of nitrogens with zero attached hydrogens (tertiary/aromatic N) is 4. The summed E-state index contributed by atoms with van der Waals surface area (Å²) in [7, 11) is -3.51. The third-order valence-corrected chi connectivity index (χ3v) is 8.82. The number of pyridine rings is 1. The van der Waals surface area contributed by atoms with E-state index in [-0.39, 0.29) is 37.1 Å². The smallest absolute Gasteiger partial charge is 0.410 e. The zero-order valence-corrected chi connectivity index (χ0v) is 27.4. The molecule has 0 radical (unpaired) electrons. The first-order valence-electron chi connectivity index (χ1n) is 15.2. The number of ether oxygens (including phenoxy) is 2. The van der Waals surface area contributed by atoms with Crippen molar-refractivity contribution in [3.05, 3.63) is 66.5 Å².